The Morgan fingerprint density at radius 3 is 2.55 bits per heavy atom. The van der Waals surface area contributed by atoms with Crippen LogP contribution < -0.4 is 0 Å². The third-order valence-electron chi connectivity index (χ3n) is 3.41. The fraction of sp³-hybridized carbons (Fsp3) is 0.167. The molecule has 0 N–H and O–H groups in total. The zero-order valence-electron chi connectivity index (χ0n) is 11.9. The Morgan fingerprint density at radius 1 is 1.05 bits per heavy atom. The summed E-state index contributed by atoms with van der Waals surface area (Å²) in [6.07, 6.45) is 1.70. The second-order valence-corrected chi connectivity index (χ2v) is 6.40. The molecule has 22 heavy (non-hydrogen) atoms. The molecule has 2 aromatic carbocycles. The predicted octanol–water partition coefficient (Wildman–Crippen LogP) is 5.34. The lowest BCUT2D eigenvalue weighted by Gasteiger charge is -2.04. The van der Waals surface area contributed by atoms with E-state index in [1.54, 1.807) is 0 Å². The Bertz CT molecular complexity index is 780. The van der Waals surface area contributed by atoms with Gasteiger partial charge in [-0.25, -0.2) is 4.79 Å². The molecule has 4 heteroatoms. The zero-order chi connectivity index (χ0) is 15.4. The number of hydrogen-bond acceptors (Lipinski definition) is 3. The number of halogens is 1. The third-order valence-corrected chi connectivity index (χ3v) is 5.06. The average Bonchev–Trinajstić information content (AvgIpc) is 2.90. The van der Waals surface area contributed by atoms with Gasteiger partial charge >= 0.3 is 5.97 Å². The van der Waals surface area contributed by atoms with Crippen molar-refractivity contribution in [2.45, 2.75) is 12.8 Å². The second-order valence-electron chi connectivity index (χ2n) is 4.97. The molecule has 1 heterocycles. The highest BCUT2D eigenvalue weighted by Crippen LogP contribution is 2.35. The summed E-state index contributed by atoms with van der Waals surface area (Å²) in [5.74, 6) is -0.334. The van der Waals surface area contributed by atoms with E-state index in [0.29, 0.717) is 16.5 Å². The fourth-order valence-electron chi connectivity index (χ4n) is 2.30. The molecule has 0 radical (unpaired) electrons. The molecule has 2 nitrogen and oxygen atoms in total. The van der Waals surface area contributed by atoms with Crippen LogP contribution >= 0.6 is 22.9 Å². The quantitative estimate of drug-likeness (QED) is 0.466. The first kappa shape index (κ1) is 15.1. The van der Waals surface area contributed by atoms with E-state index >= 15 is 0 Å². The Labute approximate surface area is 138 Å². The maximum absolute atomic E-state index is 12.2. The molecule has 3 aromatic rings. The van der Waals surface area contributed by atoms with Crippen LogP contribution in [0, 0.1) is 0 Å². The van der Waals surface area contributed by atoms with Gasteiger partial charge < -0.3 is 4.74 Å². The summed E-state index contributed by atoms with van der Waals surface area (Å²) >= 11 is 7.65. The number of aryl methyl sites for hydroxylation is 1. The summed E-state index contributed by atoms with van der Waals surface area (Å²) in [5, 5.41) is 1.40. The van der Waals surface area contributed by atoms with Crippen molar-refractivity contribution in [3.63, 3.8) is 0 Å². The number of carbonyl (C=O) groups excluding carboxylic acids is 1. The Morgan fingerprint density at radius 2 is 1.77 bits per heavy atom. The van der Waals surface area contributed by atoms with Crippen LogP contribution in [0.2, 0.25) is 5.02 Å². The number of benzene rings is 2. The predicted molar refractivity (Wildman–Crippen MR) is 91.9 cm³/mol. The third kappa shape index (κ3) is 3.32. The van der Waals surface area contributed by atoms with E-state index < -0.39 is 0 Å². The zero-order valence-corrected chi connectivity index (χ0v) is 13.5. The minimum absolute atomic E-state index is 0.334. The minimum atomic E-state index is -0.334. The van der Waals surface area contributed by atoms with Gasteiger partial charge in [-0.3, -0.25) is 0 Å². The van der Waals surface area contributed by atoms with E-state index in [1.807, 2.05) is 42.5 Å². The van der Waals surface area contributed by atoms with Crippen molar-refractivity contribution in [2.75, 3.05) is 6.61 Å². The molecule has 0 aliphatic carbocycles. The molecular weight excluding hydrogens is 316 g/mol. The van der Waals surface area contributed by atoms with Gasteiger partial charge in [-0.2, -0.15) is 0 Å². The molecule has 0 fully saturated rings. The molecular formula is C18H15ClO2S. The molecule has 0 saturated carbocycles. The van der Waals surface area contributed by atoms with Crippen LogP contribution in [0.1, 0.15) is 21.7 Å². The SMILES string of the molecule is O=C(OCCCc1ccccc1)c1sc2ccccc2c1Cl. The molecule has 0 spiro atoms. The second kappa shape index (κ2) is 6.95. The highest BCUT2D eigenvalue weighted by Gasteiger charge is 2.17. The fourth-order valence-corrected chi connectivity index (χ4v) is 3.70. The average molecular weight is 331 g/mol. The summed E-state index contributed by atoms with van der Waals surface area (Å²) in [6.45, 7) is 0.401. The molecule has 3 rings (SSSR count). The number of rotatable bonds is 5. The van der Waals surface area contributed by atoms with Crippen LogP contribution in [0.15, 0.2) is 54.6 Å². The van der Waals surface area contributed by atoms with Gasteiger partial charge in [-0.15, -0.1) is 11.3 Å². The number of ether oxygens (including phenoxy) is 1. The van der Waals surface area contributed by atoms with Crippen molar-refractivity contribution in [1.29, 1.82) is 0 Å². The van der Waals surface area contributed by atoms with E-state index in [9.17, 15) is 4.79 Å². The van der Waals surface area contributed by atoms with Crippen LogP contribution in [0.3, 0.4) is 0 Å². The Balaban J connectivity index is 1.58. The molecule has 0 aliphatic heterocycles. The van der Waals surface area contributed by atoms with Crippen LogP contribution in [0.25, 0.3) is 10.1 Å². The van der Waals surface area contributed by atoms with E-state index in [4.69, 9.17) is 16.3 Å². The highest BCUT2D eigenvalue weighted by atomic mass is 35.5. The monoisotopic (exact) mass is 330 g/mol. The molecule has 1 aromatic heterocycles. The number of hydrogen-bond donors (Lipinski definition) is 0. The van der Waals surface area contributed by atoms with Crippen LogP contribution in [0.5, 0.6) is 0 Å². The van der Waals surface area contributed by atoms with E-state index in [0.717, 1.165) is 22.9 Å². The van der Waals surface area contributed by atoms with Gasteiger partial charge in [0, 0.05) is 10.1 Å². The van der Waals surface area contributed by atoms with E-state index in [1.165, 1.54) is 16.9 Å². The first-order valence-corrected chi connectivity index (χ1v) is 8.33. The maximum atomic E-state index is 12.2. The minimum Gasteiger partial charge on any atom is -0.461 e. The lowest BCUT2D eigenvalue weighted by molar-refractivity contribution is 0.0506. The van der Waals surface area contributed by atoms with Gasteiger partial charge in [0.05, 0.1) is 11.6 Å². The molecule has 0 saturated heterocycles. The molecule has 0 atom stereocenters. The summed E-state index contributed by atoms with van der Waals surface area (Å²) in [5.41, 5.74) is 1.25. The largest absolute Gasteiger partial charge is 0.461 e. The van der Waals surface area contributed by atoms with Gasteiger partial charge in [0.2, 0.25) is 0 Å². The first-order chi connectivity index (χ1) is 10.8. The summed E-state index contributed by atoms with van der Waals surface area (Å²) < 4.78 is 6.35. The lowest BCUT2D eigenvalue weighted by atomic mass is 10.1. The Kier molecular flexibility index (Phi) is 4.76. The summed E-state index contributed by atoms with van der Waals surface area (Å²) in [4.78, 5) is 12.6. The van der Waals surface area contributed by atoms with Gasteiger partial charge in [0.25, 0.3) is 0 Å². The van der Waals surface area contributed by atoms with Gasteiger partial charge in [0.15, 0.2) is 0 Å². The molecule has 0 amide bonds. The smallest absolute Gasteiger partial charge is 0.349 e. The highest BCUT2D eigenvalue weighted by molar-refractivity contribution is 7.21. The lowest BCUT2D eigenvalue weighted by Crippen LogP contribution is -2.05. The van der Waals surface area contributed by atoms with Gasteiger partial charge in [-0.05, 0) is 24.5 Å². The number of fused-ring (bicyclic) bond motifs is 1. The van der Waals surface area contributed by atoms with Gasteiger partial charge in [0.1, 0.15) is 4.88 Å². The Hall–Kier alpha value is -1.84. The van der Waals surface area contributed by atoms with Crippen LogP contribution in [0.4, 0.5) is 0 Å². The molecule has 0 aliphatic rings. The summed E-state index contributed by atoms with van der Waals surface area (Å²) in [6, 6.07) is 17.9. The maximum Gasteiger partial charge on any atom is 0.349 e. The van der Waals surface area contributed by atoms with Gasteiger partial charge in [-0.1, -0.05) is 60.1 Å². The molecule has 0 unspecified atom stereocenters. The molecule has 112 valence electrons. The van der Waals surface area contributed by atoms with E-state index in [2.05, 4.69) is 12.1 Å². The standard InChI is InChI=1S/C18H15ClO2S/c19-16-14-10-4-5-11-15(14)22-17(16)18(20)21-12-6-9-13-7-2-1-3-8-13/h1-5,7-8,10-11H,6,9,12H2. The van der Waals surface area contributed by atoms with Crippen molar-refractivity contribution in [2.24, 2.45) is 0 Å². The summed E-state index contributed by atoms with van der Waals surface area (Å²) in [7, 11) is 0. The normalized spacial score (nSPS) is 10.8. The topological polar surface area (TPSA) is 26.3 Å². The number of carbonyl (C=O) groups is 1. The first-order valence-electron chi connectivity index (χ1n) is 7.14. The van der Waals surface area contributed by atoms with E-state index in [-0.39, 0.29) is 5.97 Å². The van der Waals surface area contributed by atoms with Crippen molar-refractivity contribution in [3.8, 4) is 0 Å². The molecule has 0 bridgehead atoms. The van der Waals surface area contributed by atoms with Crippen molar-refractivity contribution in [3.05, 3.63) is 70.1 Å². The van der Waals surface area contributed by atoms with Crippen LogP contribution in [-0.2, 0) is 11.2 Å². The van der Waals surface area contributed by atoms with Crippen molar-refractivity contribution in [1.82, 2.24) is 0 Å². The number of thiophene rings is 1. The van der Waals surface area contributed by atoms with Crippen molar-refractivity contribution >= 4 is 39.0 Å². The van der Waals surface area contributed by atoms with Crippen LogP contribution in [-0.4, -0.2) is 12.6 Å². The van der Waals surface area contributed by atoms with Crippen molar-refractivity contribution < 1.29 is 9.53 Å². The number of esters is 1.